The molecule has 2 N–H and O–H groups in total. The summed E-state index contributed by atoms with van der Waals surface area (Å²) in [6, 6.07) is 3.82. The summed E-state index contributed by atoms with van der Waals surface area (Å²) in [5.74, 6) is 0. The molecule has 0 radical (unpaired) electrons. The molecule has 1 saturated heterocycles. The van der Waals surface area contributed by atoms with E-state index in [4.69, 9.17) is 5.73 Å². The van der Waals surface area contributed by atoms with Gasteiger partial charge >= 0.3 is 0 Å². The minimum atomic E-state index is 0.828. The minimum Gasteiger partial charge on any atom is -0.397 e. The number of aromatic nitrogens is 1. The molecule has 2 rings (SSSR count). The smallest absolute Gasteiger partial charge is 0.0645 e. The van der Waals surface area contributed by atoms with Gasteiger partial charge in [0.2, 0.25) is 0 Å². The van der Waals surface area contributed by atoms with Crippen molar-refractivity contribution in [1.82, 2.24) is 9.88 Å². The third-order valence-electron chi connectivity index (χ3n) is 3.04. The number of nitrogen functional groups attached to an aromatic ring is 1. The van der Waals surface area contributed by atoms with Gasteiger partial charge in [-0.3, -0.25) is 4.98 Å². The first kappa shape index (κ1) is 10.4. The van der Waals surface area contributed by atoms with E-state index in [0.717, 1.165) is 24.3 Å². The van der Waals surface area contributed by atoms with Crippen molar-refractivity contribution in [2.45, 2.75) is 25.7 Å². The van der Waals surface area contributed by atoms with E-state index >= 15 is 0 Å². The van der Waals surface area contributed by atoms with Crippen LogP contribution in [0.3, 0.4) is 0 Å². The van der Waals surface area contributed by atoms with E-state index in [9.17, 15) is 0 Å². The van der Waals surface area contributed by atoms with Gasteiger partial charge in [0.05, 0.1) is 11.4 Å². The number of anilines is 1. The molecule has 1 aliphatic rings. The number of hydrogen-bond donors (Lipinski definition) is 1. The Balaban J connectivity index is 1.84. The molecular weight excluding hydrogens is 186 g/mol. The maximum Gasteiger partial charge on any atom is 0.0645 e. The van der Waals surface area contributed by atoms with Gasteiger partial charge in [0, 0.05) is 19.2 Å². The first-order chi connectivity index (χ1) is 7.36. The molecule has 0 amide bonds. The van der Waals surface area contributed by atoms with E-state index in [1.165, 1.54) is 32.4 Å². The van der Waals surface area contributed by atoms with Crippen LogP contribution in [0.5, 0.6) is 0 Å². The molecule has 0 spiro atoms. The number of nitrogens with two attached hydrogens (primary N) is 1. The summed E-state index contributed by atoms with van der Waals surface area (Å²) < 4.78 is 0. The van der Waals surface area contributed by atoms with Crippen LogP contribution in [0, 0.1) is 0 Å². The highest BCUT2D eigenvalue weighted by Crippen LogP contribution is 2.12. The Bertz CT molecular complexity index is 305. The van der Waals surface area contributed by atoms with Gasteiger partial charge in [-0.15, -0.1) is 0 Å². The lowest BCUT2D eigenvalue weighted by atomic mass is 10.1. The summed E-state index contributed by atoms with van der Waals surface area (Å²) in [5, 5.41) is 0. The van der Waals surface area contributed by atoms with Crippen LogP contribution in [0.2, 0.25) is 0 Å². The second kappa shape index (κ2) is 5.12. The van der Waals surface area contributed by atoms with Gasteiger partial charge in [-0.05, 0) is 38.1 Å². The third-order valence-corrected chi connectivity index (χ3v) is 3.04. The average molecular weight is 205 g/mol. The summed E-state index contributed by atoms with van der Waals surface area (Å²) >= 11 is 0. The van der Waals surface area contributed by atoms with Gasteiger partial charge in [0.25, 0.3) is 0 Å². The summed E-state index contributed by atoms with van der Waals surface area (Å²) in [6.07, 6.45) is 6.88. The Morgan fingerprint density at radius 3 is 2.80 bits per heavy atom. The molecule has 1 aliphatic heterocycles. The number of nitrogens with zero attached hydrogens (tertiary/aromatic N) is 2. The number of likely N-dealkylation sites (tertiary alicyclic amines) is 1. The molecule has 0 aromatic carbocycles. The fourth-order valence-electron chi connectivity index (χ4n) is 2.11. The molecular formula is C12H19N3. The summed E-state index contributed by atoms with van der Waals surface area (Å²) in [5.41, 5.74) is 7.73. The quantitative estimate of drug-likeness (QED) is 0.816. The van der Waals surface area contributed by atoms with E-state index in [0.29, 0.717) is 0 Å². The lowest BCUT2D eigenvalue weighted by Gasteiger charge is -2.26. The highest BCUT2D eigenvalue weighted by atomic mass is 15.1. The van der Waals surface area contributed by atoms with Gasteiger partial charge in [-0.2, -0.15) is 0 Å². The molecule has 1 aromatic rings. The average Bonchev–Trinajstić information content (AvgIpc) is 2.29. The zero-order valence-electron chi connectivity index (χ0n) is 9.15. The van der Waals surface area contributed by atoms with Crippen LogP contribution in [0.4, 0.5) is 5.69 Å². The van der Waals surface area contributed by atoms with Crippen LogP contribution in [-0.2, 0) is 6.42 Å². The molecule has 0 atom stereocenters. The van der Waals surface area contributed by atoms with Crippen molar-refractivity contribution in [3.63, 3.8) is 0 Å². The Morgan fingerprint density at radius 1 is 1.27 bits per heavy atom. The predicted molar refractivity (Wildman–Crippen MR) is 62.6 cm³/mol. The maximum atomic E-state index is 5.86. The van der Waals surface area contributed by atoms with Crippen molar-refractivity contribution in [3.05, 3.63) is 24.0 Å². The van der Waals surface area contributed by atoms with Crippen LogP contribution in [0.25, 0.3) is 0 Å². The standard InChI is InChI=1S/C12H19N3/c13-11-5-4-7-14-12(11)6-10-15-8-2-1-3-9-15/h4-5,7H,1-3,6,8-10,13H2. The Labute approximate surface area is 91.3 Å². The van der Waals surface area contributed by atoms with Gasteiger partial charge in [0.1, 0.15) is 0 Å². The van der Waals surface area contributed by atoms with Crippen molar-refractivity contribution in [2.75, 3.05) is 25.4 Å². The zero-order chi connectivity index (χ0) is 10.5. The highest BCUT2D eigenvalue weighted by Gasteiger charge is 2.10. The van der Waals surface area contributed by atoms with Crippen LogP contribution < -0.4 is 5.73 Å². The van der Waals surface area contributed by atoms with E-state index in [2.05, 4.69) is 9.88 Å². The lowest BCUT2D eigenvalue weighted by Crippen LogP contribution is -2.31. The number of hydrogen-bond acceptors (Lipinski definition) is 3. The van der Waals surface area contributed by atoms with E-state index in [1.807, 2.05) is 18.3 Å². The first-order valence-electron chi connectivity index (χ1n) is 5.78. The Hall–Kier alpha value is -1.09. The molecule has 0 saturated carbocycles. The first-order valence-corrected chi connectivity index (χ1v) is 5.78. The fraction of sp³-hybridized carbons (Fsp3) is 0.583. The molecule has 1 fully saturated rings. The van der Waals surface area contributed by atoms with E-state index in [1.54, 1.807) is 0 Å². The molecule has 82 valence electrons. The summed E-state index contributed by atoms with van der Waals surface area (Å²) in [6.45, 7) is 3.58. The van der Waals surface area contributed by atoms with Crippen LogP contribution in [0.15, 0.2) is 18.3 Å². The molecule has 2 heterocycles. The predicted octanol–water partition coefficient (Wildman–Crippen LogP) is 1.69. The number of piperidine rings is 1. The maximum absolute atomic E-state index is 5.86. The SMILES string of the molecule is Nc1cccnc1CCN1CCCCC1. The summed E-state index contributed by atoms with van der Waals surface area (Å²) in [7, 11) is 0. The Kier molecular flexibility index (Phi) is 3.56. The van der Waals surface area contributed by atoms with Crippen molar-refractivity contribution < 1.29 is 0 Å². The number of pyridine rings is 1. The highest BCUT2D eigenvalue weighted by molar-refractivity contribution is 5.41. The van der Waals surface area contributed by atoms with Gasteiger partial charge < -0.3 is 10.6 Å². The van der Waals surface area contributed by atoms with Crippen molar-refractivity contribution in [3.8, 4) is 0 Å². The summed E-state index contributed by atoms with van der Waals surface area (Å²) in [4.78, 5) is 6.82. The van der Waals surface area contributed by atoms with Crippen LogP contribution in [-0.4, -0.2) is 29.5 Å². The van der Waals surface area contributed by atoms with Gasteiger partial charge in [-0.1, -0.05) is 6.42 Å². The van der Waals surface area contributed by atoms with E-state index < -0.39 is 0 Å². The van der Waals surface area contributed by atoms with E-state index in [-0.39, 0.29) is 0 Å². The van der Waals surface area contributed by atoms with Crippen molar-refractivity contribution in [2.24, 2.45) is 0 Å². The Morgan fingerprint density at radius 2 is 2.07 bits per heavy atom. The molecule has 1 aromatic heterocycles. The molecule has 0 bridgehead atoms. The van der Waals surface area contributed by atoms with Crippen molar-refractivity contribution in [1.29, 1.82) is 0 Å². The topological polar surface area (TPSA) is 42.1 Å². The zero-order valence-corrected chi connectivity index (χ0v) is 9.15. The van der Waals surface area contributed by atoms with Crippen LogP contribution in [0.1, 0.15) is 25.0 Å². The normalized spacial score (nSPS) is 17.9. The fourth-order valence-corrected chi connectivity index (χ4v) is 2.11. The second-order valence-corrected chi connectivity index (χ2v) is 4.19. The molecule has 15 heavy (non-hydrogen) atoms. The number of rotatable bonds is 3. The monoisotopic (exact) mass is 205 g/mol. The molecule has 0 aliphatic carbocycles. The molecule has 0 unspecified atom stereocenters. The largest absolute Gasteiger partial charge is 0.397 e. The van der Waals surface area contributed by atoms with Crippen LogP contribution >= 0.6 is 0 Å². The molecule has 3 heteroatoms. The van der Waals surface area contributed by atoms with Gasteiger partial charge in [0.15, 0.2) is 0 Å². The second-order valence-electron chi connectivity index (χ2n) is 4.19. The minimum absolute atomic E-state index is 0.828. The van der Waals surface area contributed by atoms with Gasteiger partial charge in [-0.25, -0.2) is 0 Å². The molecule has 3 nitrogen and oxygen atoms in total. The third kappa shape index (κ3) is 2.93. The lowest BCUT2D eigenvalue weighted by molar-refractivity contribution is 0.231. The van der Waals surface area contributed by atoms with Crippen molar-refractivity contribution >= 4 is 5.69 Å².